The molecular formula is C19H32N2O2. The average Bonchev–Trinajstić information content (AvgIpc) is 2.55. The van der Waals surface area contributed by atoms with E-state index in [4.69, 9.17) is 5.73 Å². The maximum Gasteiger partial charge on any atom is 0.239 e. The number of amides is 1. The Morgan fingerprint density at radius 2 is 1.83 bits per heavy atom. The maximum atomic E-state index is 11.7. The molecule has 0 aliphatic carbocycles. The van der Waals surface area contributed by atoms with Crippen molar-refractivity contribution in [1.29, 1.82) is 0 Å². The summed E-state index contributed by atoms with van der Waals surface area (Å²) in [6.45, 7) is 4.20. The van der Waals surface area contributed by atoms with Gasteiger partial charge in [0.2, 0.25) is 5.91 Å². The molecule has 0 heterocycles. The molecule has 4 nitrogen and oxygen atoms in total. The second-order valence-corrected chi connectivity index (χ2v) is 6.32. The van der Waals surface area contributed by atoms with E-state index in [9.17, 15) is 9.90 Å². The van der Waals surface area contributed by atoms with Crippen molar-refractivity contribution >= 4 is 5.91 Å². The molecule has 0 saturated carbocycles. The van der Waals surface area contributed by atoms with Crippen LogP contribution in [0.15, 0.2) is 24.3 Å². The van der Waals surface area contributed by atoms with Crippen LogP contribution in [0.5, 0.6) is 0 Å². The van der Waals surface area contributed by atoms with Crippen LogP contribution >= 0.6 is 0 Å². The first-order valence-corrected chi connectivity index (χ1v) is 8.83. The number of carbonyl (C=O) groups is 1. The third kappa shape index (κ3) is 8.14. The highest BCUT2D eigenvalue weighted by Gasteiger charge is 2.17. The van der Waals surface area contributed by atoms with Crippen LogP contribution in [0, 0.1) is 0 Å². The number of hydrogen-bond acceptors (Lipinski definition) is 3. The lowest BCUT2D eigenvalue weighted by atomic mass is 10.0. The number of hydrogen-bond donors (Lipinski definition) is 3. The number of aliphatic hydroxyl groups excluding tert-OH is 1. The van der Waals surface area contributed by atoms with Gasteiger partial charge < -0.3 is 16.2 Å². The molecule has 0 radical (unpaired) electrons. The largest absolute Gasteiger partial charge is 0.391 e. The van der Waals surface area contributed by atoms with Crippen LogP contribution in [0.3, 0.4) is 0 Å². The summed E-state index contributed by atoms with van der Waals surface area (Å²) in [6, 6.07) is 7.43. The minimum Gasteiger partial charge on any atom is -0.391 e. The fourth-order valence-electron chi connectivity index (χ4n) is 2.53. The van der Waals surface area contributed by atoms with Crippen molar-refractivity contribution in [3.63, 3.8) is 0 Å². The van der Waals surface area contributed by atoms with Gasteiger partial charge in [-0.1, -0.05) is 63.3 Å². The molecule has 0 saturated heterocycles. The molecule has 1 aromatic rings. The molecule has 4 N–H and O–H groups in total. The maximum absolute atomic E-state index is 11.7. The van der Waals surface area contributed by atoms with Crippen LogP contribution in [-0.2, 0) is 17.8 Å². The van der Waals surface area contributed by atoms with E-state index in [0.29, 0.717) is 6.54 Å². The molecule has 23 heavy (non-hydrogen) atoms. The Balaban J connectivity index is 2.34. The molecule has 0 fully saturated rings. The topological polar surface area (TPSA) is 75.4 Å². The minimum absolute atomic E-state index is 0.318. The standard InChI is InChI=1S/C19H32N2O2/c1-3-4-5-6-7-8-10-16-11-9-12-17(13-16)14-21-19(23)18(20)15(2)22/h9,11-13,15,18,22H,3-8,10,14,20H2,1-2H3,(H,21,23)/t15-,18-/m0/s1. The van der Waals surface area contributed by atoms with Gasteiger partial charge in [0.1, 0.15) is 6.04 Å². The summed E-state index contributed by atoms with van der Waals surface area (Å²) in [6.07, 6.45) is 8.02. The van der Waals surface area contributed by atoms with Crippen LogP contribution in [0.4, 0.5) is 0 Å². The SMILES string of the molecule is CCCCCCCCc1cccc(CNC(=O)[C@@H](N)[C@H](C)O)c1. The zero-order valence-electron chi connectivity index (χ0n) is 14.6. The van der Waals surface area contributed by atoms with E-state index in [2.05, 4.69) is 24.4 Å². The highest BCUT2D eigenvalue weighted by molar-refractivity contribution is 5.82. The van der Waals surface area contributed by atoms with Crippen LogP contribution < -0.4 is 11.1 Å². The Morgan fingerprint density at radius 1 is 1.17 bits per heavy atom. The van der Waals surface area contributed by atoms with Crippen LogP contribution in [0.25, 0.3) is 0 Å². The van der Waals surface area contributed by atoms with E-state index in [-0.39, 0.29) is 5.91 Å². The number of aliphatic hydroxyl groups is 1. The third-order valence-electron chi connectivity index (χ3n) is 4.10. The van der Waals surface area contributed by atoms with E-state index in [0.717, 1.165) is 12.0 Å². The molecule has 0 spiro atoms. The lowest BCUT2D eigenvalue weighted by molar-refractivity contribution is -0.124. The monoisotopic (exact) mass is 320 g/mol. The van der Waals surface area contributed by atoms with Crippen LogP contribution in [0.2, 0.25) is 0 Å². The Bertz CT molecular complexity index is 460. The third-order valence-corrected chi connectivity index (χ3v) is 4.10. The molecule has 0 bridgehead atoms. The normalized spacial score (nSPS) is 13.6. The molecule has 1 aromatic carbocycles. The second kappa shape index (κ2) is 11.2. The summed E-state index contributed by atoms with van der Waals surface area (Å²) in [5, 5.41) is 12.1. The van der Waals surface area contributed by atoms with Crippen molar-refractivity contribution in [2.75, 3.05) is 0 Å². The first kappa shape index (κ1) is 19.7. The fourth-order valence-corrected chi connectivity index (χ4v) is 2.53. The highest BCUT2D eigenvalue weighted by Crippen LogP contribution is 2.11. The minimum atomic E-state index is -0.874. The van der Waals surface area contributed by atoms with Crippen molar-refractivity contribution < 1.29 is 9.90 Å². The van der Waals surface area contributed by atoms with Gasteiger partial charge in [0, 0.05) is 6.54 Å². The first-order chi connectivity index (χ1) is 11.0. The number of nitrogens with one attached hydrogen (secondary N) is 1. The van der Waals surface area contributed by atoms with E-state index in [1.807, 2.05) is 12.1 Å². The average molecular weight is 320 g/mol. The molecule has 1 rings (SSSR count). The molecule has 0 aromatic heterocycles. The lowest BCUT2D eigenvalue weighted by Crippen LogP contribution is -2.46. The molecule has 0 unspecified atom stereocenters. The molecular weight excluding hydrogens is 288 g/mol. The summed E-state index contributed by atoms with van der Waals surface area (Å²) in [7, 11) is 0. The molecule has 130 valence electrons. The molecule has 1 amide bonds. The Hall–Kier alpha value is -1.39. The van der Waals surface area contributed by atoms with Crippen molar-refractivity contribution in [3.8, 4) is 0 Å². The zero-order chi connectivity index (χ0) is 17.1. The Kier molecular flexibility index (Phi) is 9.57. The molecule has 4 heteroatoms. The van der Waals surface area contributed by atoms with Crippen LogP contribution in [-0.4, -0.2) is 23.2 Å². The summed E-state index contributed by atoms with van der Waals surface area (Å²) in [5.41, 5.74) is 7.99. The highest BCUT2D eigenvalue weighted by atomic mass is 16.3. The Morgan fingerprint density at radius 3 is 2.52 bits per heavy atom. The van der Waals surface area contributed by atoms with Gasteiger partial charge in [-0.25, -0.2) is 0 Å². The van der Waals surface area contributed by atoms with Gasteiger partial charge >= 0.3 is 0 Å². The predicted molar refractivity (Wildman–Crippen MR) is 95.0 cm³/mol. The van der Waals surface area contributed by atoms with Gasteiger partial charge in [0.05, 0.1) is 6.10 Å². The summed E-state index contributed by atoms with van der Waals surface area (Å²) >= 11 is 0. The Labute approximate surface area is 140 Å². The smallest absolute Gasteiger partial charge is 0.239 e. The van der Waals surface area contributed by atoms with Crippen LogP contribution in [0.1, 0.15) is 63.5 Å². The van der Waals surface area contributed by atoms with E-state index in [1.54, 1.807) is 0 Å². The molecule has 0 aliphatic heterocycles. The fraction of sp³-hybridized carbons (Fsp3) is 0.632. The number of nitrogens with two attached hydrogens (primary N) is 1. The first-order valence-electron chi connectivity index (χ1n) is 8.83. The van der Waals surface area contributed by atoms with E-state index >= 15 is 0 Å². The predicted octanol–water partition coefficient (Wildman–Crippen LogP) is 2.91. The number of benzene rings is 1. The lowest BCUT2D eigenvalue weighted by Gasteiger charge is -2.14. The molecule has 0 aliphatic rings. The van der Waals surface area contributed by atoms with E-state index < -0.39 is 12.1 Å². The van der Waals surface area contributed by atoms with Gasteiger partial charge in [-0.2, -0.15) is 0 Å². The van der Waals surface area contributed by atoms with Crippen molar-refractivity contribution in [2.24, 2.45) is 5.73 Å². The van der Waals surface area contributed by atoms with Gasteiger partial charge in [0.15, 0.2) is 0 Å². The van der Waals surface area contributed by atoms with Gasteiger partial charge in [0.25, 0.3) is 0 Å². The summed E-state index contributed by atoms with van der Waals surface area (Å²) < 4.78 is 0. The quantitative estimate of drug-likeness (QED) is 0.549. The van der Waals surface area contributed by atoms with Crippen molar-refractivity contribution in [1.82, 2.24) is 5.32 Å². The number of rotatable bonds is 11. The summed E-state index contributed by atoms with van der Waals surface area (Å²) in [4.78, 5) is 11.7. The van der Waals surface area contributed by atoms with Gasteiger partial charge in [-0.05, 0) is 30.9 Å². The number of unbranched alkanes of at least 4 members (excludes halogenated alkanes) is 5. The zero-order valence-corrected chi connectivity index (χ0v) is 14.6. The summed E-state index contributed by atoms with van der Waals surface area (Å²) in [5.74, 6) is -0.318. The molecule has 2 atom stereocenters. The van der Waals surface area contributed by atoms with Gasteiger partial charge in [-0.3, -0.25) is 4.79 Å². The second-order valence-electron chi connectivity index (χ2n) is 6.32. The van der Waals surface area contributed by atoms with E-state index in [1.165, 1.54) is 51.0 Å². The number of aryl methyl sites for hydroxylation is 1. The van der Waals surface area contributed by atoms with Crippen molar-refractivity contribution in [3.05, 3.63) is 35.4 Å². The van der Waals surface area contributed by atoms with Crippen molar-refractivity contribution in [2.45, 2.75) is 77.5 Å². The van der Waals surface area contributed by atoms with Gasteiger partial charge in [-0.15, -0.1) is 0 Å². The number of carbonyl (C=O) groups excluding carboxylic acids is 1.